The predicted octanol–water partition coefficient (Wildman–Crippen LogP) is 2.39. The van der Waals surface area contributed by atoms with Crippen LogP contribution in [0.2, 0.25) is 0 Å². The fourth-order valence-corrected chi connectivity index (χ4v) is 2.46. The second-order valence-electron chi connectivity index (χ2n) is 5.61. The Morgan fingerprint density at radius 2 is 1.71 bits per heavy atom. The number of ketones is 1. The van der Waals surface area contributed by atoms with Gasteiger partial charge in [0.25, 0.3) is 0 Å². The summed E-state index contributed by atoms with van der Waals surface area (Å²) in [5, 5.41) is 19.6. The number of carboxylic acids is 1. The van der Waals surface area contributed by atoms with Crippen molar-refractivity contribution in [1.82, 2.24) is 4.90 Å². The van der Waals surface area contributed by atoms with Gasteiger partial charge in [0.05, 0.1) is 18.2 Å². The van der Waals surface area contributed by atoms with E-state index in [0.29, 0.717) is 6.54 Å². The van der Waals surface area contributed by atoms with Crippen LogP contribution in [0.4, 0.5) is 0 Å². The molecule has 2 aromatic carbocycles. The van der Waals surface area contributed by atoms with E-state index in [-0.39, 0.29) is 28.2 Å². The lowest BCUT2D eigenvalue weighted by Gasteiger charge is -2.15. The Hall–Kier alpha value is -2.86. The number of aromatic hydroxyl groups is 1. The van der Waals surface area contributed by atoms with Crippen LogP contribution in [0.5, 0.6) is 11.5 Å². The fourth-order valence-electron chi connectivity index (χ4n) is 2.46. The average molecular weight is 329 g/mol. The van der Waals surface area contributed by atoms with Crippen LogP contribution in [-0.4, -0.2) is 48.1 Å². The summed E-state index contributed by atoms with van der Waals surface area (Å²) in [5.74, 6) is -1.89. The fraction of sp³-hybridized carbons (Fsp3) is 0.222. The molecule has 0 radical (unpaired) electrons. The molecule has 0 aliphatic carbocycles. The third-order valence-electron chi connectivity index (χ3n) is 3.50. The third-order valence-corrected chi connectivity index (χ3v) is 3.50. The molecule has 6 heteroatoms. The van der Waals surface area contributed by atoms with E-state index in [0.717, 1.165) is 5.56 Å². The Balaban J connectivity index is 2.59. The molecule has 0 saturated carbocycles. The van der Waals surface area contributed by atoms with Crippen LogP contribution >= 0.6 is 0 Å². The number of ether oxygens (including phenoxy) is 1. The van der Waals surface area contributed by atoms with Gasteiger partial charge in [0.1, 0.15) is 0 Å². The Morgan fingerprint density at radius 1 is 1.08 bits per heavy atom. The molecule has 0 saturated heterocycles. The molecular formula is C18H19NO5. The third kappa shape index (κ3) is 3.55. The number of methoxy groups -OCH3 is 1. The van der Waals surface area contributed by atoms with E-state index in [1.54, 1.807) is 24.3 Å². The molecule has 126 valence electrons. The zero-order valence-corrected chi connectivity index (χ0v) is 13.7. The van der Waals surface area contributed by atoms with Crippen LogP contribution < -0.4 is 4.74 Å². The van der Waals surface area contributed by atoms with Gasteiger partial charge in [-0.1, -0.05) is 18.2 Å². The molecule has 6 nitrogen and oxygen atoms in total. The zero-order chi connectivity index (χ0) is 17.9. The molecule has 0 amide bonds. The number of carbonyl (C=O) groups is 2. The molecule has 0 aromatic heterocycles. The van der Waals surface area contributed by atoms with Crippen LogP contribution in [0.15, 0.2) is 36.4 Å². The maximum atomic E-state index is 12.8. The second-order valence-corrected chi connectivity index (χ2v) is 5.61. The zero-order valence-electron chi connectivity index (χ0n) is 13.7. The number of phenols is 1. The van der Waals surface area contributed by atoms with Crippen LogP contribution in [0, 0.1) is 0 Å². The van der Waals surface area contributed by atoms with Crippen molar-refractivity contribution in [2.24, 2.45) is 0 Å². The molecule has 0 fully saturated rings. The number of carboxylic acid groups (broad SMARTS) is 1. The van der Waals surface area contributed by atoms with E-state index in [1.165, 1.54) is 19.2 Å². The van der Waals surface area contributed by atoms with E-state index in [4.69, 9.17) is 4.74 Å². The first-order valence-corrected chi connectivity index (χ1v) is 7.26. The molecule has 0 heterocycles. The lowest BCUT2D eigenvalue weighted by atomic mass is 9.96. The number of aromatic carboxylic acids is 1. The van der Waals surface area contributed by atoms with Gasteiger partial charge >= 0.3 is 5.97 Å². The number of rotatable bonds is 6. The van der Waals surface area contributed by atoms with Crippen LogP contribution in [0.3, 0.4) is 0 Å². The quantitative estimate of drug-likeness (QED) is 0.791. The molecule has 0 spiro atoms. The summed E-state index contributed by atoms with van der Waals surface area (Å²) in [5.41, 5.74) is 0.689. The molecule has 0 aliphatic rings. The van der Waals surface area contributed by atoms with Crippen molar-refractivity contribution < 1.29 is 24.5 Å². The van der Waals surface area contributed by atoms with Crippen molar-refractivity contribution in [3.63, 3.8) is 0 Å². The summed E-state index contributed by atoms with van der Waals surface area (Å²) in [6, 6.07) is 9.11. The minimum Gasteiger partial charge on any atom is -0.504 e. The van der Waals surface area contributed by atoms with Crippen molar-refractivity contribution in [2.75, 3.05) is 21.2 Å². The van der Waals surface area contributed by atoms with Crippen molar-refractivity contribution >= 4 is 11.8 Å². The minimum atomic E-state index is -1.20. The van der Waals surface area contributed by atoms with Crippen LogP contribution in [0.1, 0.15) is 31.8 Å². The van der Waals surface area contributed by atoms with Gasteiger partial charge in [-0.2, -0.15) is 0 Å². The van der Waals surface area contributed by atoms with E-state index in [1.807, 2.05) is 19.0 Å². The first-order valence-electron chi connectivity index (χ1n) is 7.26. The smallest absolute Gasteiger partial charge is 0.336 e. The molecule has 24 heavy (non-hydrogen) atoms. The van der Waals surface area contributed by atoms with Gasteiger partial charge in [-0.15, -0.1) is 0 Å². The monoisotopic (exact) mass is 329 g/mol. The lowest BCUT2D eigenvalue weighted by Crippen LogP contribution is -2.13. The van der Waals surface area contributed by atoms with Crippen LogP contribution in [-0.2, 0) is 6.54 Å². The maximum Gasteiger partial charge on any atom is 0.336 e. The van der Waals surface area contributed by atoms with Gasteiger partial charge in [-0.25, -0.2) is 4.79 Å². The highest BCUT2D eigenvalue weighted by Gasteiger charge is 2.22. The summed E-state index contributed by atoms with van der Waals surface area (Å²) in [6.45, 7) is 0.539. The highest BCUT2D eigenvalue weighted by atomic mass is 16.5. The Kier molecular flexibility index (Phi) is 5.21. The summed E-state index contributed by atoms with van der Waals surface area (Å²) in [4.78, 5) is 26.0. The molecule has 2 rings (SSSR count). The molecule has 2 aromatic rings. The van der Waals surface area contributed by atoms with Gasteiger partial charge in [0, 0.05) is 12.1 Å². The number of hydrogen-bond donors (Lipinski definition) is 2. The summed E-state index contributed by atoms with van der Waals surface area (Å²) >= 11 is 0. The first kappa shape index (κ1) is 17.5. The molecule has 0 aliphatic heterocycles. The topological polar surface area (TPSA) is 87.1 Å². The van der Waals surface area contributed by atoms with Gasteiger partial charge in [-0.3, -0.25) is 4.79 Å². The van der Waals surface area contributed by atoms with Crippen molar-refractivity contribution in [2.45, 2.75) is 6.54 Å². The number of nitrogens with zero attached hydrogens (tertiary/aromatic N) is 1. The number of phenolic OH excluding ortho intramolecular Hbond substituents is 1. The molecule has 0 bridgehead atoms. The Morgan fingerprint density at radius 3 is 2.25 bits per heavy atom. The van der Waals surface area contributed by atoms with Gasteiger partial charge < -0.3 is 19.8 Å². The summed E-state index contributed by atoms with van der Waals surface area (Å²) < 4.78 is 5.13. The highest BCUT2D eigenvalue weighted by molar-refractivity contribution is 6.15. The maximum absolute atomic E-state index is 12.8. The Labute approximate surface area is 139 Å². The Bertz CT molecular complexity index is 783. The van der Waals surface area contributed by atoms with Crippen molar-refractivity contribution in [3.8, 4) is 11.5 Å². The van der Waals surface area contributed by atoms with E-state index in [9.17, 15) is 19.8 Å². The van der Waals surface area contributed by atoms with E-state index >= 15 is 0 Å². The largest absolute Gasteiger partial charge is 0.504 e. The average Bonchev–Trinajstić information content (AvgIpc) is 2.55. The number of hydrogen-bond acceptors (Lipinski definition) is 5. The minimum absolute atomic E-state index is 0.0138. The number of carbonyl (C=O) groups excluding carboxylic acids is 1. The molecule has 0 atom stereocenters. The van der Waals surface area contributed by atoms with E-state index in [2.05, 4.69) is 0 Å². The predicted molar refractivity (Wildman–Crippen MR) is 88.9 cm³/mol. The van der Waals surface area contributed by atoms with E-state index < -0.39 is 11.8 Å². The highest BCUT2D eigenvalue weighted by Crippen LogP contribution is 2.33. The first-order chi connectivity index (χ1) is 11.3. The van der Waals surface area contributed by atoms with Crippen LogP contribution in [0.25, 0.3) is 0 Å². The SMILES string of the molecule is COc1cc(CN(C)C)cc(C(=O)c2ccccc2C(=O)O)c1O. The second kappa shape index (κ2) is 7.14. The van der Waals surface area contributed by atoms with Crippen molar-refractivity contribution in [3.05, 3.63) is 58.7 Å². The summed E-state index contributed by atoms with van der Waals surface area (Å²) in [7, 11) is 5.15. The van der Waals surface area contributed by atoms with Gasteiger partial charge in [-0.05, 0) is 37.9 Å². The standard InChI is InChI=1S/C18H19NO5/c1-19(2)10-11-8-14(17(21)15(9-11)24-3)16(20)12-6-4-5-7-13(12)18(22)23/h4-9,21H,10H2,1-3H3,(H,22,23). The normalized spacial score (nSPS) is 10.7. The summed E-state index contributed by atoms with van der Waals surface area (Å²) in [6.07, 6.45) is 0. The molecular weight excluding hydrogens is 310 g/mol. The van der Waals surface area contributed by atoms with Crippen molar-refractivity contribution in [1.29, 1.82) is 0 Å². The molecule has 0 unspecified atom stereocenters. The molecule has 2 N–H and O–H groups in total. The lowest BCUT2D eigenvalue weighted by molar-refractivity contribution is 0.0692. The van der Waals surface area contributed by atoms with Gasteiger partial charge in [0.15, 0.2) is 17.3 Å². The van der Waals surface area contributed by atoms with Gasteiger partial charge in [0.2, 0.25) is 0 Å². The number of benzene rings is 2.